The highest BCUT2D eigenvalue weighted by molar-refractivity contribution is 6.13. The molecule has 0 spiro atoms. The zero-order chi connectivity index (χ0) is 35.3. The summed E-state index contributed by atoms with van der Waals surface area (Å²) < 4.78 is 2.41. The lowest BCUT2D eigenvalue weighted by molar-refractivity contribution is 0.590. The van der Waals surface area contributed by atoms with Gasteiger partial charge in [-0.25, -0.2) is 0 Å². The summed E-state index contributed by atoms with van der Waals surface area (Å²) in [6.07, 6.45) is 0. The quantitative estimate of drug-likeness (QED) is 0.181. The van der Waals surface area contributed by atoms with Gasteiger partial charge in [0.2, 0.25) is 0 Å². The van der Waals surface area contributed by atoms with E-state index in [1.807, 2.05) is 0 Å². The molecule has 0 amide bonds. The number of rotatable bonds is 4. The SMILES string of the molecule is Cc1cccc(C)c1N(c1cccc(C(C)(C)C)c1)c1ccc2cc3c(cc2c1)-c1cc2ccc(-n4c5ccccc5c5ccccc54)cc2cc1-3. The molecule has 8 aromatic carbocycles. The van der Waals surface area contributed by atoms with Crippen molar-refractivity contribution < 1.29 is 0 Å². The zero-order valence-corrected chi connectivity index (χ0v) is 30.3. The van der Waals surface area contributed by atoms with Gasteiger partial charge in [-0.3, -0.25) is 0 Å². The Bertz CT molecular complexity index is 2840. The minimum atomic E-state index is 0.0539. The van der Waals surface area contributed by atoms with Gasteiger partial charge < -0.3 is 9.47 Å². The summed E-state index contributed by atoms with van der Waals surface area (Å²) in [6.45, 7) is 11.3. The first-order valence-corrected chi connectivity index (χ1v) is 18.3. The van der Waals surface area contributed by atoms with E-state index in [1.54, 1.807) is 0 Å². The topological polar surface area (TPSA) is 8.17 Å². The molecule has 0 atom stereocenters. The molecule has 0 N–H and O–H groups in total. The van der Waals surface area contributed by atoms with E-state index in [0.717, 1.165) is 0 Å². The van der Waals surface area contributed by atoms with E-state index in [4.69, 9.17) is 0 Å². The average molecular weight is 669 g/mol. The third kappa shape index (κ3) is 4.64. The second kappa shape index (κ2) is 11.2. The molecule has 0 radical (unpaired) electrons. The third-order valence-electron chi connectivity index (χ3n) is 11.2. The number of anilines is 3. The molecular formula is C50H40N2. The van der Waals surface area contributed by atoms with E-state index >= 15 is 0 Å². The predicted molar refractivity (Wildman–Crippen MR) is 223 cm³/mol. The lowest BCUT2D eigenvalue weighted by Gasteiger charge is -2.31. The molecule has 0 fully saturated rings. The zero-order valence-electron chi connectivity index (χ0n) is 30.3. The lowest BCUT2D eigenvalue weighted by atomic mass is 9.78. The first kappa shape index (κ1) is 30.7. The summed E-state index contributed by atoms with van der Waals surface area (Å²) in [4.78, 5) is 2.45. The van der Waals surface area contributed by atoms with E-state index < -0.39 is 0 Å². The monoisotopic (exact) mass is 668 g/mol. The van der Waals surface area contributed by atoms with E-state index in [1.165, 1.54) is 105 Å². The number of hydrogen-bond acceptors (Lipinski definition) is 1. The van der Waals surface area contributed by atoms with Crippen LogP contribution in [0, 0.1) is 13.8 Å². The second-order valence-corrected chi connectivity index (χ2v) is 15.6. The molecule has 2 nitrogen and oxygen atoms in total. The minimum absolute atomic E-state index is 0.0539. The Morgan fingerprint density at radius 3 is 1.58 bits per heavy atom. The number of nitrogens with zero attached hydrogens (tertiary/aromatic N) is 2. The fourth-order valence-electron chi connectivity index (χ4n) is 8.56. The molecule has 1 aliphatic rings. The number of fused-ring (bicyclic) bond motifs is 9. The van der Waals surface area contributed by atoms with Gasteiger partial charge in [-0.05, 0) is 153 Å². The van der Waals surface area contributed by atoms with Gasteiger partial charge in [0.25, 0.3) is 0 Å². The summed E-state index contributed by atoms with van der Waals surface area (Å²) in [5, 5.41) is 7.62. The minimum Gasteiger partial charge on any atom is -0.310 e. The molecule has 0 bridgehead atoms. The van der Waals surface area contributed by atoms with Gasteiger partial charge in [0.05, 0.1) is 16.7 Å². The largest absolute Gasteiger partial charge is 0.310 e. The number of benzene rings is 8. The van der Waals surface area contributed by atoms with Gasteiger partial charge in [-0.1, -0.05) is 99.6 Å². The van der Waals surface area contributed by atoms with Gasteiger partial charge >= 0.3 is 0 Å². The van der Waals surface area contributed by atoms with Crippen molar-refractivity contribution in [3.63, 3.8) is 0 Å². The molecule has 1 aliphatic carbocycles. The number of hydrogen-bond donors (Lipinski definition) is 0. The van der Waals surface area contributed by atoms with Gasteiger partial charge in [0, 0.05) is 27.8 Å². The Labute approximate surface area is 305 Å². The first-order valence-electron chi connectivity index (χ1n) is 18.3. The molecule has 52 heavy (non-hydrogen) atoms. The Kier molecular flexibility index (Phi) is 6.60. The molecule has 1 heterocycles. The lowest BCUT2D eigenvalue weighted by Crippen LogP contribution is -2.16. The Morgan fingerprint density at radius 2 is 0.962 bits per heavy atom. The maximum Gasteiger partial charge on any atom is 0.0541 e. The van der Waals surface area contributed by atoms with Gasteiger partial charge in [0.15, 0.2) is 0 Å². The molecule has 2 heteroatoms. The number of aromatic nitrogens is 1. The Hall–Kier alpha value is -6.12. The third-order valence-corrected chi connectivity index (χ3v) is 11.2. The van der Waals surface area contributed by atoms with Crippen LogP contribution >= 0.6 is 0 Å². The van der Waals surface area contributed by atoms with Crippen LogP contribution in [0.15, 0.2) is 152 Å². The number of para-hydroxylation sites is 3. The summed E-state index contributed by atoms with van der Waals surface area (Å²) in [5.41, 5.74) is 16.5. The molecule has 0 saturated heterocycles. The van der Waals surface area contributed by atoms with Crippen LogP contribution in [0.4, 0.5) is 17.1 Å². The highest BCUT2D eigenvalue weighted by atomic mass is 15.1. The summed E-state index contributed by atoms with van der Waals surface area (Å²) >= 11 is 0. The highest BCUT2D eigenvalue weighted by Crippen LogP contribution is 2.51. The standard InChI is InChI=1S/C50H40N2/c1-31-12-10-13-32(2)49(31)51(38-15-11-14-37(30-38)50(3,4)5)39-22-20-33-26-43-45(28-35(33)24-39)44-27-34-21-23-40(25-36(34)29-46(43)44)52-47-18-8-6-16-41(47)42-17-7-9-19-48(42)52/h6-30H,1-5H3. The molecule has 1 aromatic heterocycles. The maximum absolute atomic E-state index is 2.45. The summed E-state index contributed by atoms with van der Waals surface area (Å²) in [5.74, 6) is 0. The van der Waals surface area contributed by atoms with Crippen LogP contribution in [0.3, 0.4) is 0 Å². The highest BCUT2D eigenvalue weighted by Gasteiger charge is 2.25. The first-order chi connectivity index (χ1) is 25.2. The Morgan fingerprint density at radius 1 is 0.442 bits per heavy atom. The van der Waals surface area contributed by atoms with Crippen molar-refractivity contribution in [1.29, 1.82) is 0 Å². The van der Waals surface area contributed by atoms with Crippen molar-refractivity contribution in [3.05, 3.63) is 168 Å². The molecular weight excluding hydrogens is 629 g/mol. The molecule has 0 unspecified atom stereocenters. The van der Waals surface area contributed by atoms with Crippen molar-refractivity contribution in [3.8, 4) is 27.9 Å². The van der Waals surface area contributed by atoms with Gasteiger partial charge in [-0.15, -0.1) is 0 Å². The summed E-state index contributed by atoms with van der Waals surface area (Å²) in [6, 6.07) is 56.6. The molecule has 10 rings (SSSR count). The van der Waals surface area contributed by atoms with E-state index in [2.05, 4.69) is 196 Å². The molecule has 250 valence electrons. The van der Waals surface area contributed by atoms with E-state index in [0.29, 0.717) is 0 Å². The van der Waals surface area contributed by atoms with Crippen LogP contribution in [0.25, 0.3) is 71.3 Å². The molecule has 0 aliphatic heterocycles. The smallest absolute Gasteiger partial charge is 0.0541 e. The van der Waals surface area contributed by atoms with Crippen molar-refractivity contribution in [2.45, 2.75) is 40.0 Å². The van der Waals surface area contributed by atoms with E-state index in [9.17, 15) is 0 Å². The fraction of sp³-hybridized carbons (Fsp3) is 0.120. The van der Waals surface area contributed by atoms with Crippen molar-refractivity contribution in [2.75, 3.05) is 4.90 Å². The van der Waals surface area contributed by atoms with Crippen LogP contribution < -0.4 is 4.90 Å². The van der Waals surface area contributed by atoms with Crippen LogP contribution in [0.2, 0.25) is 0 Å². The van der Waals surface area contributed by atoms with Crippen molar-refractivity contribution in [1.82, 2.24) is 4.57 Å². The number of aryl methyl sites for hydroxylation is 2. The van der Waals surface area contributed by atoms with Crippen molar-refractivity contribution >= 4 is 60.4 Å². The van der Waals surface area contributed by atoms with Gasteiger partial charge in [0.1, 0.15) is 0 Å². The normalized spacial score (nSPS) is 12.3. The predicted octanol–water partition coefficient (Wildman–Crippen LogP) is 14.1. The summed E-state index contributed by atoms with van der Waals surface area (Å²) in [7, 11) is 0. The average Bonchev–Trinajstić information content (AvgIpc) is 3.49. The molecule has 0 saturated carbocycles. The fourth-order valence-corrected chi connectivity index (χ4v) is 8.56. The molecule has 9 aromatic rings. The van der Waals surface area contributed by atoms with Crippen molar-refractivity contribution in [2.24, 2.45) is 0 Å². The van der Waals surface area contributed by atoms with Crippen LogP contribution in [0.1, 0.15) is 37.5 Å². The van der Waals surface area contributed by atoms with E-state index in [-0.39, 0.29) is 5.41 Å². The van der Waals surface area contributed by atoms with Crippen LogP contribution in [-0.2, 0) is 5.41 Å². The Balaban J connectivity index is 1.08. The maximum atomic E-state index is 2.45. The van der Waals surface area contributed by atoms with Gasteiger partial charge in [-0.2, -0.15) is 0 Å². The van der Waals surface area contributed by atoms with Crippen LogP contribution in [0.5, 0.6) is 0 Å². The second-order valence-electron chi connectivity index (χ2n) is 15.6. The van der Waals surface area contributed by atoms with Crippen LogP contribution in [-0.4, -0.2) is 4.57 Å².